The van der Waals surface area contributed by atoms with Crippen molar-refractivity contribution in [1.82, 2.24) is 4.98 Å². The first-order valence-electron chi connectivity index (χ1n) is 6.92. The van der Waals surface area contributed by atoms with Gasteiger partial charge in [-0.2, -0.15) is 0 Å². The lowest BCUT2D eigenvalue weighted by molar-refractivity contribution is -0.379. The van der Waals surface area contributed by atoms with Gasteiger partial charge in [0, 0.05) is 16.8 Å². The van der Waals surface area contributed by atoms with E-state index in [1.165, 1.54) is 0 Å². The maximum absolute atomic E-state index is 12.2. The van der Waals surface area contributed by atoms with Crippen molar-refractivity contribution in [3.8, 4) is 11.3 Å². The van der Waals surface area contributed by atoms with Crippen molar-refractivity contribution in [3.63, 3.8) is 0 Å². The van der Waals surface area contributed by atoms with Crippen LogP contribution in [0, 0.1) is 10.1 Å². The summed E-state index contributed by atoms with van der Waals surface area (Å²) in [4.78, 5) is 27.2. The van der Waals surface area contributed by atoms with Gasteiger partial charge < -0.3 is 5.73 Å². The van der Waals surface area contributed by atoms with Gasteiger partial charge in [-0.1, -0.05) is 30.3 Å². The van der Waals surface area contributed by atoms with Gasteiger partial charge in [-0.3, -0.25) is 20.2 Å². The molecule has 0 saturated carbocycles. The molecule has 0 atom stereocenters. The average Bonchev–Trinajstić information content (AvgIpc) is 3.00. The van der Waals surface area contributed by atoms with Gasteiger partial charge in [-0.05, 0) is 35.6 Å². The summed E-state index contributed by atoms with van der Waals surface area (Å²) >= 11 is 0.822. The fourth-order valence-corrected chi connectivity index (χ4v) is 2.88. The second-order valence-corrected chi connectivity index (χ2v) is 5.85. The van der Waals surface area contributed by atoms with E-state index in [0.717, 1.165) is 11.3 Å². The first-order chi connectivity index (χ1) is 11.5. The molecule has 0 bridgehead atoms. The molecule has 0 spiro atoms. The molecule has 24 heavy (non-hydrogen) atoms. The minimum Gasteiger partial charge on any atom is -0.399 e. The molecule has 0 saturated heterocycles. The number of nitrogens with two attached hydrogens (primary N) is 1. The van der Waals surface area contributed by atoms with Crippen molar-refractivity contribution in [2.75, 3.05) is 11.1 Å². The number of amides is 1. The largest absolute Gasteiger partial charge is 0.399 e. The summed E-state index contributed by atoms with van der Waals surface area (Å²) in [6.07, 6.45) is 0. The number of carbonyl (C=O) groups is 1. The third-order valence-corrected chi connectivity index (χ3v) is 4.14. The highest BCUT2D eigenvalue weighted by Crippen LogP contribution is 2.37. The fourth-order valence-electron chi connectivity index (χ4n) is 2.08. The highest BCUT2D eigenvalue weighted by atomic mass is 32.1. The smallest absolute Gasteiger partial charge is 0.353 e. The van der Waals surface area contributed by atoms with Crippen LogP contribution in [-0.2, 0) is 0 Å². The minimum absolute atomic E-state index is 0.117. The monoisotopic (exact) mass is 340 g/mol. The Balaban J connectivity index is 1.90. The standard InChI is InChI=1S/C16H12N4O3S/c17-12-8-6-11(7-9-12)14(21)19-16-18-13(15(24-16)20(22)23)10-4-2-1-3-5-10/h1-9H,17H2,(H,18,19,21). The molecule has 1 heterocycles. The van der Waals surface area contributed by atoms with Gasteiger partial charge in [-0.15, -0.1) is 0 Å². The molecule has 0 radical (unpaired) electrons. The van der Waals surface area contributed by atoms with E-state index in [4.69, 9.17) is 5.73 Å². The Labute approximate surface area is 140 Å². The summed E-state index contributed by atoms with van der Waals surface area (Å²) in [5.74, 6) is -0.404. The number of aromatic nitrogens is 1. The number of thiazole rings is 1. The van der Waals surface area contributed by atoms with Crippen LogP contribution >= 0.6 is 11.3 Å². The first kappa shape index (κ1) is 15.6. The number of rotatable bonds is 4. The summed E-state index contributed by atoms with van der Waals surface area (Å²) in [7, 11) is 0. The third kappa shape index (κ3) is 3.23. The van der Waals surface area contributed by atoms with E-state index in [1.807, 2.05) is 6.07 Å². The lowest BCUT2D eigenvalue weighted by Gasteiger charge is -2.01. The molecule has 0 fully saturated rings. The second kappa shape index (κ2) is 6.47. The van der Waals surface area contributed by atoms with Gasteiger partial charge in [0.2, 0.25) is 0 Å². The van der Waals surface area contributed by atoms with E-state index < -0.39 is 10.8 Å². The van der Waals surface area contributed by atoms with Crippen molar-refractivity contribution in [2.24, 2.45) is 0 Å². The molecule has 8 heteroatoms. The zero-order valence-electron chi connectivity index (χ0n) is 12.3. The number of hydrogen-bond acceptors (Lipinski definition) is 6. The van der Waals surface area contributed by atoms with E-state index in [1.54, 1.807) is 48.5 Å². The number of nitrogens with zero attached hydrogens (tertiary/aromatic N) is 2. The van der Waals surface area contributed by atoms with Gasteiger partial charge in [0.1, 0.15) is 0 Å². The van der Waals surface area contributed by atoms with Crippen LogP contribution < -0.4 is 11.1 Å². The van der Waals surface area contributed by atoms with Crippen molar-refractivity contribution in [1.29, 1.82) is 0 Å². The Kier molecular flexibility index (Phi) is 4.21. The molecular formula is C16H12N4O3S. The van der Waals surface area contributed by atoms with Gasteiger partial charge in [0.05, 0.1) is 4.92 Å². The van der Waals surface area contributed by atoms with Crippen LogP contribution in [0.3, 0.4) is 0 Å². The highest BCUT2D eigenvalue weighted by molar-refractivity contribution is 7.19. The molecule has 1 aromatic heterocycles. The van der Waals surface area contributed by atoms with Crippen molar-refractivity contribution >= 4 is 33.1 Å². The van der Waals surface area contributed by atoms with Crippen molar-refractivity contribution in [2.45, 2.75) is 0 Å². The third-order valence-electron chi connectivity index (χ3n) is 3.22. The second-order valence-electron chi connectivity index (χ2n) is 4.87. The number of carbonyl (C=O) groups excluding carboxylic acids is 1. The fraction of sp³-hybridized carbons (Fsp3) is 0. The molecule has 0 aliphatic carbocycles. The van der Waals surface area contributed by atoms with Crippen LogP contribution in [0.4, 0.5) is 15.8 Å². The summed E-state index contributed by atoms with van der Waals surface area (Å²) in [6.45, 7) is 0. The molecule has 0 aliphatic heterocycles. The molecule has 3 rings (SSSR count). The lowest BCUT2D eigenvalue weighted by Crippen LogP contribution is -2.11. The van der Waals surface area contributed by atoms with Crippen molar-refractivity contribution < 1.29 is 9.72 Å². The topological polar surface area (TPSA) is 111 Å². The Bertz CT molecular complexity index is 891. The van der Waals surface area contributed by atoms with Gasteiger partial charge in [-0.25, -0.2) is 4.98 Å². The number of nitro groups is 1. The maximum Gasteiger partial charge on any atom is 0.353 e. The Morgan fingerprint density at radius 3 is 2.42 bits per heavy atom. The van der Waals surface area contributed by atoms with Crippen LogP contribution in [0.1, 0.15) is 10.4 Å². The van der Waals surface area contributed by atoms with E-state index in [9.17, 15) is 14.9 Å². The maximum atomic E-state index is 12.2. The molecule has 0 aliphatic rings. The SMILES string of the molecule is Nc1ccc(C(=O)Nc2nc(-c3ccccc3)c([N+](=O)[O-])s2)cc1. The highest BCUT2D eigenvalue weighted by Gasteiger charge is 2.23. The molecule has 1 amide bonds. The number of nitrogen functional groups attached to an aromatic ring is 1. The number of hydrogen-bond donors (Lipinski definition) is 2. The Morgan fingerprint density at radius 2 is 1.79 bits per heavy atom. The van der Waals surface area contributed by atoms with Crippen LogP contribution in [-0.4, -0.2) is 15.8 Å². The quantitative estimate of drug-likeness (QED) is 0.428. The molecule has 2 aromatic carbocycles. The zero-order chi connectivity index (χ0) is 17.1. The lowest BCUT2D eigenvalue weighted by atomic mass is 10.2. The van der Waals surface area contributed by atoms with Gasteiger partial charge in [0.15, 0.2) is 10.8 Å². The van der Waals surface area contributed by atoms with Gasteiger partial charge in [0.25, 0.3) is 5.91 Å². The minimum atomic E-state index is -0.501. The Morgan fingerprint density at radius 1 is 1.12 bits per heavy atom. The number of nitrogens with one attached hydrogen (secondary N) is 1. The molecule has 7 nitrogen and oxygen atoms in total. The van der Waals surface area contributed by atoms with Gasteiger partial charge >= 0.3 is 5.00 Å². The summed E-state index contributed by atoms with van der Waals surface area (Å²) in [6, 6.07) is 15.2. The Hall–Kier alpha value is -3.26. The van der Waals surface area contributed by atoms with E-state index >= 15 is 0 Å². The predicted octanol–water partition coefficient (Wildman–Crippen LogP) is 3.55. The normalized spacial score (nSPS) is 10.3. The van der Waals surface area contributed by atoms with Crippen LogP contribution in [0.5, 0.6) is 0 Å². The van der Waals surface area contributed by atoms with Crippen LogP contribution in [0.15, 0.2) is 54.6 Å². The average molecular weight is 340 g/mol. The molecule has 3 aromatic rings. The number of anilines is 2. The van der Waals surface area contributed by atoms with Crippen LogP contribution in [0.25, 0.3) is 11.3 Å². The van der Waals surface area contributed by atoms with E-state index in [-0.39, 0.29) is 15.8 Å². The van der Waals surface area contributed by atoms with Crippen LogP contribution in [0.2, 0.25) is 0 Å². The summed E-state index contributed by atoms with van der Waals surface area (Å²) < 4.78 is 0. The van der Waals surface area contributed by atoms with E-state index in [0.29, 0.717) is 16.8 Å². The first-order valence-corrected chi connectivity index (χ1v) is 7.74. The summed E-state index contributed by atoms with van der Waals surface area (Å²) in [5.41, 5.74) is 7.37. The number of benzene rings is 2. The zero-order valence-corrected chi connectivity index (χ0v) is 13.1. The molecular weight excluding hydrogens is 328 g/mol. The van der Waals surface area contributed by atoms with E-state index in [2.05, 4.69) is 10.3 Å². The molecule has 0 unspecified atom stereocenters. The summed E-state index contributed by atoms with van der Waals surface area (Å²) in [5, 5.41) is 13.9. The predicted molar refractivity (Wildman–Crippen MR) is 93.0 cm³/mol. The van der Waals surface area contributed by atoms with Crippen molar-refractivity contribution in [3.05, 3.63) is 70.3 Å². The molecule has 120 valence electrons. The molecule has 3 N–H and O–H groups in total.